The Hall–Kier alpha value is -0.160. The number of nitrogens with zero attached hydrogens (tertiary/aromatic N) is 1. The van der Waals surface area contributed by atoms with Crippen molar-refractivity contribution >= 4 is 0 Å². The first kappa shape index (κ1) is 14.9. The molecule has 4 heteroatoms. The summed E-state index contributed by atoms with van der Waals surface area (Å²) >= 11 is 0. The van der Waals surface area contributed by atoms with Crippen LogP contribution in [0, 0.1) is 5.92 Å². The summed E-state index contributed by atoms with van der Waals surface area (Å²) in [6.45, 7) is 11.2. The molecule has 0 saturated carbocycles. The Bertz CT molecular complexity index is 194. The van der Waals surface area contributed by atoms with Crippen LogP contribution in [0.15, 0.2) is 0 Å². The first-order valence-electron chi connectivity index (χ1n) is 6.78. The third-order valence-electron chi connectivity index (χ3n) is 2.87. The van der Waals surface area contributed by atoms with Crippen LogP contribution in [-0.2, 0) is 9.47 Å². The Kier molecular flexibility index (Phi) is 7.77. The average Bonchev–Trinajstić information content (AvgIpc) is 2.28. The minimum absolute atomic E-state index is 0. The molecule has 0 aromatic carbocycles. The maximum Gasteiger partial charge on any atom is 0.0935 e. The lowest BCUT2D eigenvalue weighted by atomic mass is 10.2. The van der Waals surface area contributed by atoms with E-state index >= 15 is 0 Å². The van der Waals surface area contributed by atoms with Gasteiger partial charge in [0.2, 0.25) is 0 Å². The lowest BCUT2D eigenvalue weighted by Gasteiger charge is -2.33. The standard InChI is InChI=1S/C13H28N2O2.H2/c1-12(2)9-15-6-8-17-13(10-15)11-16-7-4-5-14-3;/h12-14H,4-11H2,1-3H3;1H/t13-;/m0./s1. The van der Waals surface area contributed by atoms with E-state index in [1.807, 2.05) is 7.05 Å². The molecular formula is C13H30N2O2. The van der Waals surface area contributed by atoms with Crippen molar-refractivity contribution < 1.29 is 10.9 Å². The van der Waals surface area contributed by atoms with Gasteiger partial charge in [-0.3, -0.25) is 4.90 Å². The first-order chi connectivity index (χ1) is 8.22. The first-order valence-corrected chi connectivity index (χ1v) is 6.78. The van der Waals surface area contributed by atoms with E-state index in [4.69, 9.17) is 9.47 Å². The molecule has 1 rings (SSSR count). The fraction of sp³-hybridized carbons (Fsp3) is 1.00. The second-order valence-corrected chi connectivity index (χ2v) is 5.18. The van der Waals surface area contributed by atoms with Crippen molar-refractivity contribution in [3.05, 3.63) is 0 Å². The van der Waals surface area contributed by atoms with Crippen molar-refractivity contribution in [3.8, 4) is 0 Å². The van der Waals surface area contributed by atoms with Crippen molar-refractivity contribution in [2.75, 3.05) is 53.0 Å². The van der Waals surface area contributed by atoms with E-state index < -0.39 is 0 Å². The quantitative estimate of drug-likeness (QED) is 0.653. The summed E-state index contributed by atoms with van der Waals surface area (Å²) in [5, 5.41) is 3.12. The van der Waals surface area contributed by atoms with Crippen LogP contribution >= 0.6 is 0 Å². The van der Waals surface area contributed by atoms with Crippen LogP contribution in [0.2, 0.25) is 0 Å². The molecule has 0 spiro atoms. The second-order valence-electron chi connectivity index (χ2n) is 5.18. The highest BCUT2D eigenvalue weighted by Crippen LogP contribution is 2.08. The van der Waals surface area contributed by atoms with Crippen LogP contribution in [0.1, 0.15) is 21.7 Å². The number of rotatable bonds is 8. The van der Waals surface area contributed by atoms with Crippen molar-refractivity contribution in [2.24, 2.45) is 5.92 Å². The number of hydrogen-bond donors (Lipinski definition) is 1. The smallest absolute Gasteiger partial charge is 0.0935 e. The largest absolute Gasteiger partial charge is 0.379 e. The molecule has 0 aromatic rings. The zero-order valence-electron chi connectivity index (χ0n) is 11.6. The van der Waals surface area contributed by atoms with Gasteiger partial charge in [-0.05, 0) is 25.9 Å². The lowest BCUT2D eigenvalue weighted by molar-refractivity contribution is -0.0711. The van der Waals surface area contributed by atoms with Crippen LogP contribution in [0.4, 0.5) is 0 Å². The molecule has 0 aliphatic carbocycles. The van der Waals surface area contributed by atoms with E-state index in [1.165, 1.54) is 6.54 Å². The van der Waals surface area contributed by atoms with Gasteiger partial charge in [0.25, 0.3) is 0 Å². The van der Waals surface area contributed by atoms with Crippen LogP contribution < -0.4 is 5.32 Å². The molecule has 0 amide bonds. The van der Waals surface area contributed by atoms with Crippen molar-refractivity contribution in [2.45, 2.75) is 26.4 Å². The SMILES string of the molecule is CNCCCOC[C@@H]1CN(CC(C)C)CCO1.[HH]. The number of ether oxygens (including phenoxy) is 2. The molecular weight excluding hydrogens is 216 g/mol. The van der Waals surface area contributed by atoms with Gasteiger partial charge in [-0.15, -0.1) is 0 Å². The van der Waals surface area contributed by atoms with Gasteiger partial charge in [-0.25, -0.2) is 0 Å². The zero-order chi connectivity index (χ0) is 12.5. The predicted molar refractivity (Wildman–Crippen MR) is 72.5 cm³/mol. The molecule has 0 radical (unpaired) electrons. The maximum absolute atomic E-state index is 5.71. The molecule has 0 unspecified atom stereocenters. The molecule has 1 aliphatic heterocycles. The predicted octanol–water partition coefficient (Wildman–Crippen LogP) is 1.22. The normalized spacial score (nSPS) is 22.2. The van der Waals surface area contributed by atoms with Crippen LogP contribution in [0.5, 0.6) is 0 Å². The Morgan fingerprint density at radius 1 is 1.53 bits per heavy atom. The molecule has 17 heavy (non-hydrogen) atoms. The molecule has 104 valence electrons. The topological polar surface area (TPSA) is 33.7 Å². The molecule has 0 bridgehead atoms. The highest BCUT2D eigenvalue weighted by Gasteiger charge is 2.20. The molecule has 4 nitrogen and oxygen atoms in total. The number of hydrogen-bond acceptors (Lipinski definition) is 4. The van der Waals surface area contributed by atoms with Gasteiger partial charge in [-0.2, -0.15) is 0 Å². The fourth-order valence-corrected chi connectivity index (χ4v) is 2.13. The Balaban J connectivity index is 0.00000289. The molecule has 1 aliphatic rings. The fourth-order valence-electron chi connectivity index (χ4n) is 2.13. The van der Waals surface area contributed by atoms with Gasteiger partial charge in [-0.1, -0.05) is 13.8 Å². The third kappa shape index (κ3) is 6.99. The monoisotopic (exact) mass is 246 g/mol. The summed E-state index contributed by atoms with van der Waals surface area (Å²) in [7, 11) is 1.97. The van der Waals surface area contributed by atoms with Crippen LogP contribution in [-0.4, -0.2) is 64.1 Å². The van der Waals surface area contributed by atoms with Gasteiger partial charge in [0.1, 0.15) is 0 Å². The molecule has 1 fully saturated rings. The second kappa shape index (κ2) is 8.86. The minimum Gasteiger partial charge on any atom is -0.379 e. The van der Waals surface area contributed by atoms with Crippen molar-refractivity contribution in [1.29, 1.82) is 0 Å². The van der Waals surface area contributed by atoms with Gasteiger partial charge >= 0.3 is 0 Å². The molecule has 0 aromatic heterocycles. The van der Waals surface area contributed by atoms with E-state index in [1.54, 1.807) is 0 Å². The molecule has 1 saturated heterocycles. The van der Waals surface area contributed by atoms with E-state index in [9.17, 15) is 0 Å². The highest BCUT2D eigenvalue weighted by molar-refractivity contribution is 4.72. The summed E-state index contributed by atoms with van der Waals surface area (Å²) in [6.07, 6.45) is 1.33. The van der Waals surface area contributed by atoms with E-state index in [-0.39, 0.29) is 7.53 Å². The van der Waals surface area contributed by atoms with E-state index in [0.717, 1.165) is 51.8 Å². The number of morpholine rings is 1. The van der Waals surface area contributed by atoms with Crippen LogP contribution in [0.3, 0.4) is 0 Å². The molecule has 1 N–H and O–H groups in total. The zero-order valence-corrected chi connectivity index (χ0v) is 11.6. The Morgan fingerprint density at radius 2 is 2.35 bits per heavy atom. The summed E-state index contributed by atoms with van der Waals surface area (Å²) < 4.78 is 11.4. The molecule has 1 heterocycles. The summed E-state index contributed by atoms with van der Waals surface area (Å²) in [6, 6.07) is 0. The van der Waals surface area contributed by atoms with Crippen molar-refractivity contribution in [3.63, 3.8) is 0 Å². The maximum atomic E-state index is 5.71. The van der Waals surface area contributed by atoms with Crippen LogP contribution in [0.25, 0.3) is 0 Å². The summed E-state index contributed by atoms with van der Waals surface area (Å²) in [5.74, 6) is 0.727. The van der Waals surface area contributed by atoms with E-state index in [2.05, 4.69) is 24.1 Å². The summed E-state index contributed by atoms with van der Waals surface area (Å²) in [4.78, 5) is 2.48. The van der Waals surface area contributed by atoms with E-state index in [0.29, 0.717) is 0 Å². The van der Waals surface area contributed by atoms with Gasteiger partial charge < -0.3 is 14.8 Å². The summed E-state index contributed by atoms with van der Waals surface area (Å²) in [5.41, 5.74) is 0. The molecule has 1 atom stereocenters. The van der Waals surface area contributed by atoms with Gasteiger partial charge in [0, 0.05) is 27.7 Å². The van der Waals surface area contributed by atoms with Crippen molar-refractivity contribution in [1.82, 2.24) is 10.2 Å². The third-order valence-corrected chi connectivity index (χ3v) is 2.87. The van der Waals surface area contributed by atoms with Gasteiger partial charge in [0.05, 0.1) is 19.3 Å². The number of nitrogens with one attached hydrogen (secondary N) is 1. The average molecular weight is 246 g/mol. The lowest BCUT2D eigenvalue weighted by Crippen LogP contribution is -2.45. The van der Waals surface area contributed by atoms with Gasteiger partial charge in [0.15, 0.2) is 0 Å². The Morgan fingerprint density at radius 3 is 3.06 bits per heavy atom. The highest BCUT2D eigenvalue weighted by atomic mass is 16.5. The minimum atomic E-state index is 0. The Labute approximate surface area is 107 Å².